The van der Waals surface area contributed by atoms with Crippen molar-refractivity contribution < 1.29 is 9.53 Å². The molecule has 19 heavy (non-hydrogen) atoms. The maximum absolute atomic E-state index is 12.0. The highest BCUT2D eigenvalue weighted by molar-refractivity contribution is 5.77. The van der Waals surface area contributed by atoms with Gasteiger partial charge < -0.3 is 15.4 Å². The van der Waals surface area contributed by atoms with E-state index in [1.807, 2.05) is 4.90 Å². The van der Waals surface area contributed by atoms with Crippen LogP contribution >= 0.6 is 0 Å². The van der Waals surface area contributed by atoms with Crippen molar-refractivity contribution in [3.8, 4) is 0 Å². The van der Waals surface area contributed by atoms with E-state index in [-0.39, 0.29) is 5.91 Å². The van der Waals surface area contributed by atoms with Gasteiger partial charge in [0.05, 0.1) is 12.2 Å². The number of nitrogens with zero attached hydrogens (tertiary/aromatic N) is 2. The van der Waals surface area contributed by atoms with Gasteiger partial charge in [0.1, 0.15) is 0 Å². The van der Waals surface area contributed by atoms with Gasteiger partial charge in [0.2, 0.25) is 5.91 Å². The van der Waals surface area contributed by atoms with Gasteiger partial charge in [0, 0.05) is 45.2 Å². The zero-order valence-corrected chi connectivity index (χ0v) is 12.2. The zero-order valence-electron chi connectivity index (χ0n) is 12.2. The van der Waals surface area contributed by atoms with Crippen molar-refractivity contribution >= 4 is 5.91 Å². The molecule has 2 N–H and O–H groups in total. The first-order valence-electron chi connectivity index (χ1n) is 7.47. The molecule has 0 aromatic carbocycles. The largest absolute Gasteiger partial charge is 0.373 e. The minimum Gasteiger partial charge on any atom is -0.373 e. The number of rotatable bonds is 4. The van der Waals surface area contributed by atoms with Gasteiger partial charge >= 0.3 is 0 Å². The molecule has 2 aliphatic rings. The smallest absolute Gasteiger partial charge is 0.224 e. The predicted octanol–water partition coefficient (Wildman–Crippen LogP) is 0.435. The molecule has 0 aliphatic carbocycles. The van der Waals surface area contributed by atoms with Crippen molar-refractivity contribution in [2.24, 2.45) is 5.73 Å². The molecule has 2 saturated heterocycles. The van der Waals surface area contributed by atoms with E-state index in [2.05, 4.69) is 18.7 Å². The summed E-state index contributed by atoms with van der Waals surface area (Å²) in [5, 5.41) is 0. The lowest BCUT2D eigenvalue weighted by Crippen LogP contribution is -2.51. The first-order chi connectivity index (χ1) is 9.10. The molecule has 3 atom stereocenters. The Morgan fingerprint density at radius 1 is 1.32 bits per heavy atom. The summed E-state index contributed by atoms with van der Waals surface area (Å²) < 4.78 is 5.75. The third-order valence-electron chi connectivity index (χ3n) is 4.02. The van der Waals surface area contributed by atoms with Gasteiger partial charge in [-0.15, -0.1) is 0 Å². The van der Waals surface area contributed by atoms with E-state index in [0.717, 1.165) is 39.0 Å². The molecule has 0 aromatic heterocycles. The van der Waals surface area contributed by atoms with Crippen molar-refractivity contribution in [2.45, 2.75) is 51.4 Å². The Labute approximate surface area is 116 Å². The molecule has 5 nitrogen and oxygen atoms in total. The summed E-state index contributed by atoms with van der Waals surface area (Å²) in [7, 11) is 0. The predicted molar refractivity (Wildman–Crippen MR) is 74.9 cm³/mol. The number of carbonyl (C=O) groups is 1. The van der Waals surface area contributed by atoms with Gasteiger partial charge in [-0.05, 0) is 26.7 Å². The van der Waals surface area contributed by atoms with Gasteiger partial charge in [0.15, 0.2) is 0 Å². The average molecular weight is 269 g/mol. The second-order valence-corrected chi connectivity index (χ2v) is 5.90. The molecule has 0 spiro atoms. The normalized spacial score (nSPS) is 32.8. The van der Waals surface area contributed by atoms with Crippen LogP contribution in [0.3, 0.4) is 0 Å². The van der Waals surface area contributed by atoms with Crippen molar-refractivity contribution in [2.75, 3.05) is 32.7 Å². The van der Waals surface area contributed by atoms with Crippen LogP contribution in [0.4, 0.5) is 0 Å². The summed E-state index contributed by atoms with van der Waals surface area (Å²) in [4.78, 5) is 16.5. The number of amides is 1. The van der Waals surface area contributed by atoms with E-state index in [0.29, 0.717) is 31.2 Å². The van der Waals surface area contributed by atoms with Gasteiger partial charge in [-0.25, -0.2) is 0 Å². The zero-order chi connectivity index (χ0) is 13.8. The van der Waals surface area contributed by atoms with Gasteiger partial charge in [-0.1, -0.05) is 0 Å². The summed E-state index contributed by atoms with van der Waals surface area (Å²) in [6, 6.07) is 0.372. The van der Waals surface area contributed by atoms with Crippen LogP contribution in [-0.2, 0) is 9.53 Å². The summed E-state index contributed by atoms with van der Waals surface area (Å²) in [6.07, 6.45) is 3.30. The van der Waals surface area contributed by atoms with E-state index in [1.54, 1.807) is 0 Å². The lowest BCUT2D eigenvalue weighted by molar-refractivity contribution is -0.132. The number of hydrogen-bond acceptors (Lipinski definition) is 4. The monoisotopic (exact) mass is 269 g/mol. The molecule has 0 bridgehead atoms. The van der Waals surface area contributed by atoms with Gasteiger partial charge in [-0.2, -0.15) is 0 Å². The second kappa shape index (κ2) is 6.68. The number of nitrogens with two attached hydrogens (primary N) is 1. The van der Waals surface area contributed by atoms with Crippen LogP contribution in [-0.4, -0.2) is 66.7 Å². The lowest BCUT2D eigenvalue weighted by atomic mass is 10.1. The molecule has 110 valence electrons. The highest BCUT2D eigenvalue weighted by atomic mass is 16.5. The molecule has 0 aromatic rings. The Morgan fingerprint density at radius 2 is 2.00 bits per heavy atom. The highest BCUT2D eigenvalue weighted by Gasteiger charge is 2.31. The third kappa shape index (κ3) is 3.91. The van der Waals surface area contributed by atoms with Crippen LogP contribution in [0, 0.1) is 0 Å². The SMILES string of the molecule is CC1CN(CC2CCCN2C(=O)CCN)CC(C)O1. The molecule has 2 rings (SSSR count). The fourth-order valence-corrected chi connectivity index (χ4v) is 3.35. The summed E-state index contributed by atoms with van der Waals surface area (Å²) in [6.45, 7) is 8.52. The quantitative estimate of drug-likeness (QED) is 0.804. The minimum absolute atomic E-state index is 0.222. The van der Waals surface area contributed by atoms with Crippen LogP contribution < -0.4 is 5.73 Å². The van der Waals surface area contributed by atoms with E-state index >= 15 is 0 Å². The summed E-state index contributed by atoms with van der Waals surface area (Å²) in [5.41, 5.74) is 5.49. The van der Waals surface area contributed by atoms with Crippen molar-refractivity contribution in [1.82, 2.24) is 9.80 Å². The topological polar surface area (TPSA) is 58.8 Å². The molecule has 5 heteroatoms. The highest BCUT2D eigenvalue weighted by Crippen LogP contribution is 2.21. The first kappa shape index (κ1) is 14.8. The average Bonchev–Trinajstić information content (AvgIpc) is 2.76. The van der Waals surface area contributed by atoms with Crippen molar-refractivity contribution in [3.05, 3.63) is 0 Å². The number of ether oxygens (including phenoxy) is 1. The van der Waals surface area contributed by atoms with Crippen LogP contribution in [0.5, 0.6) is 0 Å². The summed E-state index contributed by atoms with van der Waals surface area (Å²) >= 11 is 0. The lowest BCUT2D eigenvalue weighted by Gasteiger charge is -2.38. The molecule has 3 unspecified atom stereocenters. The van der Waals surface area contributed by atoms with Gasteiger partial charge in [0.25, 0.3) is 0 Å². The maximum atomic E-state index is 12.0. The Balaban J connectivity index is 1.88. The third-order valence-corrected chi connectivity index (χ3v) is 4.02. The van der Waals surface area contributed by atoms with E-state index in [9.17, 15) is 4.79 Å². The summed E-state index contributed by atoms with van der Waals surface area (Å²) in [5.74, 6) is 0.222. The van der Waals surface area contributed by atoms with Crippen LogP contribution in [0.1, 0.15) is 33.1 Å². The Morgan fingerprint density at radius 3 is 2.63 bits per heavy atom. The molecule has 2 heterocycles. The number of carbonyl (C=O) groups excluding carboxylic acids is 1. The van der Waals surface area contributed by atoms with Crippen LogP contribution in [0.15, 0.2) is 0 Å². The van der Waals surface area contributed by atoms with E-state index < -0.39 is 0 Å². The van der Waals surface area contributed by atoms with Gasteiger partial charge in [-0.3, -0.25) is 9.69 Å². The molecule has 1 amide bonds. The molecule has 0 saturated carbocycles. The fraction of sp³-hybridized carbons (Fsp3) is 0.929. The van der Waals surface area contributed by atoms with Crippen molar-refractivity contribution in [1.29, 1.82) is 0 Å². The maximum Gasteiger partial charge on any atom is 0.224 e. The number of morpholine rings is 1. The van der Waals surface area contributed by atoms with E-state index in [4.69, 9.17) is 10.5 Å². The van der Waals surface area contributed by atoms with Crippen molar-refractivity contribution in [3.63, 3.8) is 0 Å². The molecule has 2 aliphatic heterocycles. The Kier molecular flexibility index (Phi) is 5.19. The molecular formula is C14H27N3O2. The second-order valence-electron chi connectivity index (χ2n) is 5.90. The standard InChI is InChI=1S/C14H27N3O2/c1-11-8-16(9-12(2)19-11)10-13-4-3-7-17(13)14(18)5-6-15/h11-13H,3-10,15H2,1-2H3. The molecule has 0 radical (unpaired) electrons. The Bertz CT molecular complexity index is 301. The number of likely N-dealkylation sites (tertiary alicyclic amines) is 1. The first-order valence-corrected chi connectivity index (χ1v) is 7.47. The Hall–Kier alpha value is -0.650. The van der Waals surface area contributed by atoms with Crippen LogP contribution in [0.2, 0.25) is 0 Å². The number of hydrogen-bond donors (Lipinski definition) is 1. The molecule has 2 fully saturated rings. The molecular weight excluding hydrogens is 242 g/mol. The fourth-order valence-electron chi connectivity index (χ4n) is 3.35. The van der Waals surface area contributed by atoms with E-state index in [1.165, 1.54) is 0 Å². The van der Waals surface area contributed by atoms with Crippen LogP contribution in [0.25, 0.3) is 0 Å². The minimum atomic E-state index is 0.222.